The maximum atomic E-state index is 13.3. The number of carbonyl (C=O) groups excluding carboxylic acids is 5. The van der Waals surface area contributed by atoms with Crippen molar-refractivity contribution < 1.29 is 33.4 Å². The van der Waals surface area contributed by atoms with E-state index in [2.05, 4.69) is 60.1 Å². The minimum Gasteiger partial charge on any atom is -0.382 e. The standard InChI is InChI=1S/C25H38N4O.C24H42N4O.C23H40N4O.2C23H41N3O2/c1-29-23(30)25(28-24(29)26,16-15-19-9-4-2-5-10-19)18-20-11-8-14-22(17-20)27-21-12-6-3-7-13-21;1-28-22(29)24(27-23(28)25,15-14-18-8-3-2-4-9-18)17-19-10-7-13-21(16-19)26-20-11-5-6-12-20;1-27-21(28)23(26-22(27)24,13-12-17-6-3-2-4-7-17)15-19-8-5-9-20(14-19)25-16-18-10-11-18;2*1-3-4-15-28-20-12-8-11-19(16-20)17-23(21(27)26(2)22(24)25-23)14-13-18-9-6-5-7-10-18/h3,6-7,12-13,19-20,22,27H,2,4-5,8-11,14-18H2,1H3,(H2,26,28);18-21,26H,2-17H2,1H3,(H2,25,27);17-20,25H,2-16H2,1H3,(H2,24,26);2*18-20H,3-17H2,1-2H3,(H2,24,25)/t20-,22+,25+;19-,21+,24+;19-,20-,23-;19-,20+,23+;19-,20-,23+/m00100/s1. The van der Waals surface area contributed by atoms with E-state index in [1.807, 2.05) is 0 Å². The topological polar surface area (TPSA) is 348 Å². The maximum Gasteiger partial charge on any atom is 0.257 e. The average Bonchev–Trinajstić information content (AvgIpc) is 1.65. The molecule has 17 aliphatic rings. The van der Waals surface area contributed by atoms with Crippen LogP contribution in [0.1, 0.15) is 463 Å². The molecule has 0 bridgehead atoms. The Kier molecular flexibility index (Phi) is 43.4. The van der Waals surface area contributed by atoms with Gasteiger partial charge in [-0.25, -0.2) is 25.0 Å². The molecular formula is C118H202N18O7. The zero-order valence-corrected chi connectivity index (χ0v) is 91.0. The summed E-state index contributed by atoms with van der Waals surface area (Å²) < 4.78 is 12.2. The third kappa shape index (κ3) is 32.1. The van der Waals surface area contributed by atoms with E-state index in [0.29, 0.717) is 89.7 Å². The third-order valence-electron chi connectivity index (χ3n) is 38.3. The Morgan fingerprint density at radius 2 is 0.552 bits per heavy atom. The molecule has 12 aliphatic carbocycles. The van der Waals surface area contributed by atoms with Crippen LogP contribution in [0.4, 0.5) is 5.69 Å². The van der Waals surface area contributed by atoms with Crippen LogP contribution in [0.3, 0.4) is 0 Å². The summed E-state index contributed by atoms with van der Waals surface area (Å²) in [4.78, 5) is 98.1. The second-order valence-corrected chi connectivity index (χ2v) is 49.5. The van der Waals surface area contributed by atoms with Crippen molar-refractivity contribution >= 4 is 65.0 Å². The smallest absolute Gasteiger partial charge is 0.257 e. The Labute approximate surface area is 865 Å². The van der Waals surface area contributed by atoms with E-state index in [1.165, 1.54) is 320 Å². The van der Waals surface area contributed by atoms with E-state index >= 15 is 0 Å². The van der Waals surface area contributed by atoms with Gasteiger partial charge in [-0.2, -0.15) is 0 Å². The number of nitrogens with two attached hydrogens (primary N) is 5. The highest BCUT2D eigenvalue weighted by molar-refractivity contribution is 6.09. The first kappa shape index (κ1) is 112. The molecule has 25 heteroatoms. The van der Waals surface area contributed by atoms with E-state index in [-0.39, 0.29) is 29.5 Å². The zero-order chi connectivity index (χ0) is 101. The molecule has 15 atom stereocenters. The summed E-state index contributed by atoms with van der Waals surface area (Å²) in [5, 5.41) is 11.5. The number of benzene rings is 1. The number of para-hydroxylation sites is 1. The molecule has 12 saturated carbocycles. The van der Waals surface area contributed by atoms with Gasteiger partial charge in [0, 0.05) is 78.3 Å². The molecular weight excluding hydrogens is 1780 g/mol. The van der Waals surface area contributed by atoms with Crippen LogP contribution >= 0.6 is 0 Å². The van der Waals surface area contributed by atoms with Gasteiger partial charge in [-0.3, -0.25) is 48.5 Å². The van der Waals surface area contributed by atoms with Gasteiger partial charge >= 0.3 is 0 Å². The van der Waals surface area contributed by atoms with Crippen LogP contribution in [0.5, 0.6) is 0 Å². The van der Waals surface area contributed by atoms with Crippen LogP contribution in [-0.2, 0) is 33.4 Å². The number of hydrogen-bond acceptors (Lipinski definition) is 20. The monoisotopic (exact) mass is 1980 g/mol. The molecule has 0 saturated heterocycles. The molecule has 5 aliphatic heterocycles. The quantitative estimate of drug-likeness (QED) is 0.0283. The Balaban J connectivity index is 0.000000142. The number of amides is 5. The first-order chi connectivity index (χ1) is 69.2. The lowest BCUT2D eigenvalue weighted by molar-refractivity contribution is -0.132. The van der Waals surface area contributed by atoms with Crippen LogP contribution in [0.2, 0.25) is 0 Å². The SMILES string of the molecule is CCCCO[C@@H]1CCC[C@H](C[C@@]2(CCC3CCCCC3)N=C(N)N(C)C2=O)C1.CCCCO[C@H]1CCC[C@H](C[C@@]2(CCC3CCCCC3)N=C(N)N(C)C2=O)C1.CN1C(=O)[C@@](CCC2CCCCC2)(C[C@@H]2CCC[C@@H](NCC3CC3)C2)N=C1N.CN1C(=O)[C@@](CCC2CCCCC2)(C[C@H]2CCC[C@@H](NC3CCCC3)C2)N=C1N.CN1C(=O)[C@@](CCC2CCCCC2)(C[C@H]2CCC[C@@H](Nc3ccccc3)C2)N=C1N. The fourth-order valence-electron chi connectivity index (χ4n) is 29.5. The molecule has 143 heavy (non-hydrogen) atoms. The van der Waals surface area contributed by atoms with Crippen LogP contribution < -0.4 is 44.6 Å². The van der Waals surface area contributed by atoms with Gasteiger partial charge in [0.25, 0.3) is 29.5 Å². The third-order valence-corrected chi connectivity index (χ3v) is 38.3. The first-order valence-electron chi connectivity index (χ1n) is 60.0. The van der Waals surface area contributed by atoms with E-state index in [0.717, 1.165) is 196 Å². The molecule has 1 aromatic rings. The number of aliphatic imine (C=N–C) groups is 5. The van der Waals surface area contributed by atoms with Crippen LogP contribution in [0.25, 0.3) is 0 Å². The Morgan fingerprint density at radius 1 is 0.294 bits per heavy atom. The number of hydrogen-bond donors (Lipinski definition) is 8. The van der Waals surface area contributed by atoms with Gasteiger partial charge < -0.3 is 54.1 Å². The highest BCUT2D eigenvalue weighted by Gasteiger charge is 2.55. The van der Waals surface area contributed by atoms with Crippen molar-refractivity contribution in [3.63, 3.8) is 0 Å². The van der Waals surface area contributed by atoms with E-state index in [4.69, 9.17) is 63.1 Å². The molecule has 13 N–H and O–H groups in total. The number of anilines is 1. The number of rotatable bonds is 40. The minimum absolute atomic E-state index is 0.119. The second kappa shape index (κ2) is 55.4. The fourth-order valence-corrected chi connectivity index (χ4v) is 29.5. The number of nitrogens with zero attached hydrogens (tertiary/aromatic N) is 10. The predicted octanol–water partition coefficient (Wildman–Crippen LogP) is 22.4. The molecule has 0 radical (unpaired) electrons. The van der Waals surface area contributed by atoms with Gasteiger partial charge in [-0.05, 0) is 283 Å². The molecule has 12 fully saturated rings. The number of likely N-dealkylation sites (N-methyl/N-ethyl adjacent to an activating group) is 5. The van der Waals surface area contributed by atoms with Crippen molar-refractivity contribution in [1.29, 1.82) is 0 Å². The average molecular weight is 1990 g/mol. The summed E-state index contributed by atoms with van der Waals surface area (Å²) in [5.74, 6) is 10.2. The minimum atomic E-state index is -0.629. The van der Waals surface area contributed by atoms with Gasteiger partial charge in [0.05, 0.1) is 12.2 Å². The summed E-state index contributed by atoms with van der Waals surface area (Å²) in [6, 6.07) is 12.9. The largest absolute Gasteiger partial charge is 0.382 e. The first-order valence-corrected chi connectivity index (χ1v) is 60.0. The molecule has 1 aromatic carbocycles. The summed E-state index contributed by atoms with van der Waals surface area (Å²) in [6.45, 7) is 7.33. The van der Waals surface area contributed by atoms with E-state index in [1.54, 1.807) is 59.7 Å². The summed E-state index contributed by atoms with van der Waals surface area (Å²) in [5.41, 5.74) is 28.7. The number of nitrogens with one attached hydrogen (secondary N) is 3. The lowest BCUT2D eigenvalue weighted by Crippen LogP contribution is -2.45. The summed E-state index contributed by atoms with van der Waals surface area (Å²) >= 11 is 0. The maximum absolute atomic E-state index is 13.3. The second-order valence-electron chi connectivity index (χ2n) is 49.5. The van der Waals surface area contributed by atoms with Gasteiger partial charge in [0.1, 0.15) is 27.7 Å². The van der Waals surface area contributed by atoms with Crippen molar-refractivity contribution in [2.45, 2.75) is 527 Å². The molecule has 806 valence electrons. The fraction of sp³-hybridized carbons (Fsp3) is 0.864. The Bertz CT molecular complexity index is 4130. The Hall–Kier alpha value is -6.44. The molecule has 25 nitrogen and oxygen atoms in total. The molecule has 18 rings (SSSR count). The van der Waals surface area contributed by atoms with Crippen molar-refractivity contribution in [2.75, 3.05) is 60.3 Å². The molecule has 0 aromatic heterocycles. The lowest BCUT2D eigenvalue weighted by Gasteiger charge is -2.36. The van der Waals surface area contributed by atoms with E-state index in [9.17, 15) is 24.0 Å². The normalized spacial score (nSPS) is 32.7. The van der Waals surface area contributed by atoms with Crippen LogP contribution in [0, 0.1) is 65.1 Å². The van der Waals surface area contributed by atoms with Crippen molar-refractivity contribution in [3.8, 4) is 0 Å². The van der Waals surface area contributed by atoms with Crippen molar-refractivity contribution in [3.05, 3.63) is 30.3 Å². The zero-order valence-electron chi connectivity index (χ0n) is 91.0. The highest BCUT2D eigenvalue weighted by atomic mass is 16.5. The molecule has 0 unspecified atom stereocenters. The predicted molar refractivity (Wildman–Crippen MR) is 584 cm³/mol. The van der Waals surface area contributed by atoms with Gasteiger partial charge in [-0.1, -0.05) is 282 Å². The number of carbonyl (C=O) groups is 5. The summed E-state index contributed by atoms with van der Waals surface area (Å²) in [7, 11) is 8.94. The number of ether oxygens (including phenoxy) is 2. The van der Waals surface area contributed by atoms with Gasteiger partial charge in [0.15, 0.2) is 29.8 Å². The van der Waals surface area contributed by atoms with Crippen molar-refractivity contribution in [2.24, 2.45) is 119 Å². The van der Waals surface area contributed by atoms with Crippen molar-refractivity contribution in [1.82, 2.24) is 35.1 Å². The van der Waals surface area contributed by atoms with Gasteiger partial charge in [0.2, 0.25) is 0 Å². The summed E-state index contributed by atoms with van der Waals surface area (Å²) in [6.07, 6.45) is 85.3. The molecule has 5 heterocycles. The van der Waals surface area contributed by atoms with Crippen LogP contribution in [0.15, 0.2) is 55.3 Å². The number of guanidine groups is 5. The van der Waals surface area contributed by atoms with Gasteiger partial charge in [-0.15, -0.1) is 0 Å². The Morgan fingerprint density at radius 3 is 0.846 bits per heavy atom. The van der Waals surface area contributed by atoms with E-state index < -0.39 is 27.7 Å². The van der Waals surface area contributed by atoms with Crippen LogP contribution in [-0.4, -0.2) is 203 Å². The molecule has 0 spiro atoms. The lowest BCUT2D eigenvalue weighted by atomic mass is 9.74. The number of unbranched alkanes of at least 4 members (excludes halogenated alkanes) is 2. The highest BCUT2D eigenvalue weighted by Crippen LogP contribution is 2.49. The molecule has 5 amide bonds.